The summed E-state index contributed by atoms with van der Waals surface area (Å²) in [5.74, 6) is 0.0777. The number of sulfonamides is 1. The number of rotatable bonds is 8. The molecule has 7 heteroatoms. The van der Waals surface area contributed by atoms with Crippen LogP contribution in [0.3, 0.4) is 0 Å². The van der Waals surface area contributed by atoms with Gasteiger partial charge in [0.25, 0.3) is 0 Å². The van der Waals surface area contributed by atoms with E-state index in [0.717, 1.165) is 30.4 Å². The first-order chi connectivity index (χ1) is 14.4. The summed E-state index contributed by atoms with van der Waals surface area (Å²) >= 11 is 1.70. The van der Waals surface area contributed by atoms with Crippen LogP contribution in [0.25, 0.3) is 0 Å². The van der Waals surface area contributed by atoms with Gasteiger partial charge in [-0.25, -0.2) is 8.42 Å². The van der Waals surface area contributed by atoms with Crippen LogP contribution in [0.4, 0.5) is 0 Å². The summed E-state index contributed by atoms with van der Waals surface area (Å²) in [5, 5.41) is 0. The minimum absolute atomic E-state index is 0.0777. The van der Waals surface area contributed by atoms with Crippen LogP contribution < -0.4 is 0 Å². The molecule has 30 heavy (non-hydrogen) atoms. The second-order valence-electron chi connectivity index (χ2n) is 7.71. The third-order valence-electron chi connectivity index (χ3n) is 5.51. The molecule has 5 nitrogen and oxygen atoms in total. The molecule has 0 spiro atoms. The Balaban J connectivity index is 1.53. The standard InChI is InChI=1S/C23H30N2O3S2/c1-24(18-20-6-11-21(29-2)12-7-20)23(26)15-10-19-8-13-22(14-9-19)30(27,28)25-16-4-3-5-17-25/h6-9,11-14H,3-5,10,15-18H2,1-2H3. The fourth-order valence-corrected chi connectivity index (χ4v) is 5.54. The monoisotopic (exact) mass is 446 g/mol. The first-order valence-electron chi connectivity index (χ1n) is 10.4. The highest BCUT2D eigenvalue weighted by Crippen LogP contribution is 2.21. The van der Waals surface area contributed by atoms with Crippen LogP contribution in [-0.4, -0.2) is 49.9 Å². The van der Waals surface area contributed by atoms with Crippen molar-refractivity contribution in [3.63, 3.8) is 0 Å². The topological polar surface area (TPSA) is 57.7 Å². The van der Waals surface area contributed by atoms with Gasteiger partial charge in [0.1, 0.15) is 0 Å². The van der Waals surface area contributed by atoms with E-state index in [2.05, 4.69) is 24.3 Å². The van der Waals surface area contributed by atoms with Gasteiger partial charge in [-0.15, -0.1) is 11.8 Å². The normalized spacial score (nSPS) is 15.1. The van der Waals surface area contributed by atoms with Crippen molar-refractivity contribution in [2.75, 3.05) is 26.4 Å². The highest BCUT2D eigenvalue weighted by molar-refractivity contribution is 7.98. The van der Waals surface area contributed by atoms with Gasteiger partial charge in [0, 0.05) is 38.0 Å². The molecule has 0 aliphatic carbocycles. The zero-order chi connectivity index (χ0) is 21.6. The molecular formula is C23H30N2O3S2. The fraction of sp³-hybridized carbons (Fsp3) is 0.435. The third-order valence-corrected chi connectivity index (χ3v) is 8.16. The van der Waals surface area contributed by atoms with Crippen LogP contribution in [0, 0.1) is 0 Å². The molecule has 2 aromatic rings. The van der Waals surface area contributed by atoms with E-state index in [4.69, 9.17) is 0 Å². The molecule has 0 atom stereocenters. The van der Waals surface area contributed by atoms with E-state index in [-0.39, 0.29) is 5.91 Å². The average molecular weight is 447 g/mol. The maximum absolute atomic E-state index is 12.7. The van der Waals surface area contributed by atoms with Gasteiger partial charge in [-0.2, -0.15) is 4.31 Å². The zero-order valence-corrected chi connectivity index (χ0v) is 19.3. The van der Waals surface area contributed by atoms with Crippen molar-refractivity contribution in [2.45, 2.75) is 48.4 Å². The molecule has 0 N–H and O–H groups in total. The molecule has 162 valence electrons. The largest absolute Gasteiger partial charge is 0.341 e. The number of nitrogens with zero attached hydrogens (tertiary/aromatic N) is 2. The summed E-state index contributed by atoms with van der Waals surface area (Å²) in [6, 6.07) is 15.2. The highest BCUT2D eigenvalue weighted by Gasteiger charge is 2.25. The van der Waals surface area contributed by atoms with Gasteiger partial charge in [-0.3, -0.25) is 4.79 Å². The Morgan fingerprint density at radius 2 is 1.57 bits per heavy atom. The predicted octanol–water partition coefficient (Wildman–Crippen LogP) is 4.17. The van der Waals surface area contributed by atoms with Gasteiger partial charge < -0.3 is 4.90 Å². The van der Waals surface area contributed by atoms with Crippen molar-refractivity contribution in [1.82, 2.24) is 9.21 Å². The number of amides is 1. The highest BCUT2D eigenvalue weighted by atomic mass is 32.2. The van der Waals surface area contributed by atoms with Gasteiger partial charge in [-0.1, -0.05) is 30.7 Å². The van der Waals surface area contributed by atoms with Crippen LogP contribution >= 0.6 is 11.8 Å². The Labute approximate surface area is 184 Å². The van der Waals surface area contributed by atoms with Gasteiger partial charge in [0.15, 0.2) is 0 Å². The second-order valence-corrected chi connectivity index (χ2v) is 10.5. The number of piperidine rings is 1. The van der Waals surface area contributed by atoms with Gasteiger partial charge in [0.2, 0.25) is 15.9 Å². The third kappa shape index (κ3) is 5.86. The van der Waals surface area contributed by atoms with Gasteiger partial charge in [0.05, 0.1) is 4.90 Å². The molecule has 1 saturated heterocycles. The van der Waals surface area contributed by atoms with Crippen molar-refractivity contribution in [3.05, 3.63) is 59.7 Å². The van der Waals surface area contributed by atoms with E-state index in [0.29, 0.717) is 37.4 Å². The molecule has 1 amide bonds. The molecule has 0 saturated carbocycles. The minimum Gasteiger partial charge on any atom is -0.341 e. The number of hydrogen-bond donors (Lipinski definition) is 0. The lowest BCUT2D eigenvalue weighted by Gasteiger charge is -2.25. The maximum Gasteiger partial charge on any atom is 0.243 e. The number of carbonyl (C=O) groups excluding carboxylic acids is 1. The summed E-state index contributed by atoms with van der Waals surface area (Å²) in [4.78, 5) is 15.8. The first-order valence-corrected chi connectivity index (χ1v) is 13.0. The van der Waals surface area contributed by atoms with E-state index < -0.39 is 10.0 Å². The molecule has 1 fully saturated rings. The molecule has 1 aliphatic rings. The van der Waals surface area contributed by atoms with Gasteiger partial charge in [-0.05, 0) is 60.9 Å². The molecule has 1 aliphatic heterocycles. The molecule has 0 unspecified atom stereocenters. The minimum atomic E-state index is -3.41. The molecular weight excluding hydrogens is 416 g/mol. The second kappa shape index (κ2) is 10.5. The smallest absolute Gasteiger partial charge is 0.243 e. The molecule has 3 rings (SSSR count). The van der Waals surface area contributed by atoms with E-state index in [1.165, 1.54) is 4.90 Å². The van der Waals surface area contributed by atoms with Crippen LogP contribution in [0.1, 0.15) is 36.8 Å². The number of carbonyl (C=O) groups is 1. The van der Waals surface area contributed by atoms with E-state index >= 15 is 0 Å². The molecule has 0 bridgehead atoms. The average Bonchev–Trinajstić information content (AvgIpc) is 2.78. The number of aryl methyl sites for hydroxylation is 1. The predicted molar refractivity (Wildman–Crippen MR) is 122 cm³/mol. The lowest BCUT2D eigenvalue weighted by atomic mass is 10.1. The lowest BCUT2D eigenvalue weighted by molar-refractivity contribution is -0.130. The van der Waals surface area contributed by atoms with Crippen molar-refractivity contribution >= 4 is 27.7 Å². The number of thioether (sulfide) groups is 1. The lowest BCUT2D eigenvalue weighted by Crippen LogP contribution is -2.35. The molecule has 1 heterocycles. The summed E-state index contributed by atoms with van der Waals surface area (Å²) in [6.07, 6.45) is 5.98. The Hall–Kier alpha value is -1.83. The Morgan fingerprint density at radius 1 is 0.967 bits per heavy atom. The van der Waals surface area contributed by atoms with Crippen molar-refractivity contribution in [3.8, 4) is 0 Å². The van der Waals surface area contributed by atoms with E-state index in [9.17, 15) is 13.2 Å². The summed E-state index contributed by atoms with van der Waals surface area (Å²) < 4.78 is 27.0. The zero-order valence-electron chi connectivity index (χ0n) is 17.7. The Kier molecular flexibility index (Phi) is 7.97. The Morgan fingerprint density at radius 3 is 2.17 bits per heavy atom. The quantitative estimate of drug-likeness (QED) is 0.571. The van der Waals surface area contributed by atoms with Crippen molar-refractivity contribution in [1.29, 1.82) is 0 Å². The Bertz CT molecular complexity index is 935. The number of hydrogen-bond acceptors (Lipinski definition) is 4. The van der Waals surface area contributed by atoms with Crippen LogP contribution in [0.5, 0.6) is 0 Å². The van der Waals surface area contributed by atoms with Crippen LogP contribution in [-0.2, 0) is 27.8 Å². The van der Waals surface area contributed by atoms with E-state index in [1.807, 2.05) is 25.4 Å². The number of benzene rings is 2. The SMILES string of the molecule is CSc1ccc(CN(C)C(=O)CCc2ccc(S(=O)(=O)N3CCCCC3)cc2)cc1. The summed E-state index contributed by atoms with van der Waals surface area (Å²) in [5.41, 5.74) is 2.08. The molecule has 0 aromatic heterocycles. The van der Waals surface area contributed by atoms with Crippen molar-refractivity contribution < 1.29 is 13.2 Å². The van der Waals surface area contributed by atoms with Crippen molar-refractivity contribution in [2.24, 2.45) is 0 Å². The first kappa shape index (κ1) is 22.8. The maximum atomic E-state index is 12.7. The fourth-order valence-electron chi connectivity index (χ4n) is 3.62. The van der Waals surface area contributed by atoms with E-state index in [1.54, 1.807) is 33.1 Å². The molecule has 2 aromatic carbocycles. The summed E-state index contributed by atoms with van der Waals surface area (Å²) in [7, 11) is -1.59. The summed E-state index contributed by atoms with van der Waals surface area (Å²) in [6.45, 7) is 1.79. The van der Waals surface area contributed by atoms with Gasteiger partial charge >= 0.3 is 0 Å². The molecule has 0 radical (unpaired) electrons. The van der Waals surface area contributed by atoms with Crippen LogP contribution in [0.2, 0.25) is 0 Å². The van der Waals surface area contributed by atoms with Crippen LogP contribution in [0.15, 0.2) is 58.3 Å².